The molecular weight excluding hydrogens is 314 g/mol. The Hall–Kier alpha value is -2.63. The number of rotatable bonds is 5. The van der Waals surface area contributed by atoms with E-state index in [-0.39, 0.29) is 5.91 Å². The second-order valence-electron chi connectivity index (χ2n) is 6.36. The van der Waals surface area contributed by atoms with Gasteiger partial charge in [0.05, 0.1) is 0 Å². The molecule has 0 aliphatic carbocycles. The molecule has 1 aliphatic rings. The van der Waals surface area contributed by atoms with Crippen molar-refractivity contribution in [3.05, 3.63) is 47.8 Å². The van der Waals surface area contributed by atoms with Crippen molar-refractivity contribution in [2.24, 2.45) is 0 Å². The molecule has 0 saturated carbocycles. The smallest absolute Gasteiger partial charge is 0.225 e. The van der Waals surface area contributed by atoms with Gasteiger partial charge in [0.25, 0.3) is 0 Å². The van der Waals surface area contributed by atoms with Crippen molar-refractivity contribution in [1.29, 1.82) is 0 Å². The molecule has 1 aliphatic heterocycles. The average molecular weight is 339 g/mol. The maximum atomic E-state index is 12.4. The fraction of sp³-hybridized carbons (Fsp3) is 0.421. The van der Waals surface area contributed by atoms with Crippen LogP contribution in [0.1, 0.15) is 17.5 Å². The molecule has 2 heterocycles. The minimum absolute atomic E-state index is 0.201. The predicted molar refractivity (Wildman–Crippen MR) is 99.8 cm³/mol. The first-order chi connectivity index (χ1) is 12.1. The second-order valence-corrected chi connectivity index (χ2v) is 6.36. The number of amides is 1. The first-order valence-corrected chi connectivity index (χ1v) is 8.75. The van der Waals surface area contributed by atoms with Gasteiger partial charge >= 0.3 is 0 Å². The SMILES string of the molecule is Cc1cccc(C)c1NCCC(=O)N1CCN(c2ncccn2)CC1. The summed E-state index contributed by atoms with van der Waals surface area (Å²) in [6.07, 6.45) is 4.01. The Labute approximate surface area is 148 Å². The summed E-state index contributed by atoms with van der Waals surface area (Å²) < 4.78 is 0. The van der Waals surface area contributed by atoms with Crippen LogP contribution < -0.4 is 10.2 Å². The van der Waals surface area contributed by atoms with E-state index in [9.17, 15) is 4.79 Å². The van der Waals surface area contributed by atoms with E-state index in [1.165, 1.54) is 11.1 Å². The summed E-state index contributed by atoms with van der Waals surface area (Å²) in [5.41, 5.74) is 3.56. The van der Waals surface area contributed by atoms with E-state index in [4.69, 9.17) is 0 Å². The van der Waals surface area contributed by atoms with E-state index in [1.54, 1.807) is 12.4 Å². The normalized spacial score (nSPS) is 14.5. The van der Waals surface area contributed by atoms with Gasteiger partial charge < -0.3 is 15.1 Å². The molecule has 132 valence electrons. The van der Waals surface area contributed by atoms with E-state index in [0.717, 1.165) is 37.8 Å². The van der Waals surface area contributed by atoms with Gasteiger partial charge in [0.1, 0.15) is 0 Å². The van der Waals surface area contributed by atoms with Gasteiger partial charge in [-0.25, -0.2) is 9.97 Å². The van der Waals surface area contributed by atoms with Crippen LogP contribution in [-0.4, -0.2) is 53.5 Å². The number of benzene rings is 1. The van der Waals surface area contributed by atoms with Crippen molar-refractivity contribution < 1.29 is 4.79 Å². The van der Waals surface area contributed by atoms with Crippen LogP contribution in [0.25, 0.3) is 0 Å². The molecule has 0 unspecified atom stereocenters. The highest BCUT2D eigenvalue weighted by Crippen LogP contribution is 2.19. The number of carbonyl (C=O) groups is 1. The zero-order valence-corrected chi connectivity index (χ0v) is 14.9. The zero-order valence-electron chi connectivity index (χ0n) is 14.9. The monoisotopic (exact) mass is 339 g/mol. The lowest BCUT2D eigenvalue weighted by molar-refractivity contribution is -0.131. The number of hydrogen-bond acceptors (Lipinski definition) is 5. The number of nitrogens with zero attached hydrogens (tertiary/aromatic N) is 4. The Morgan fingerprint density at radius 3 is 2.32 bits per heavy atom. The molecule has 0 atom stereocenters. The second kappa shape index (κ2) is 7.96. The van der Waals surface area contributed by atoms with Crippen LogP contribution in [0, 0.1) is 13.8 Å². The minimum atomic E-state index is 0.201. The van der Waals surface area contributed by atoms with Crippen LogP contribution in [0.3, 0.4) is 0 Å². The number of aromatic nitrogens is 2. The molecule has 6 nitrogen and oxygen atoms in total. The van der Waals surface area contributed by atoms with Crippen molar-refractivity contribution in [3.63, 3.8) is 0 Å². The summed E-state index contributed by atoms with van der Waals surface area (Å²) in [4.78, 5) is 25.0. The number of para-hydroxylation sites is 1. The molecule has 25 heavy (non-hydrogen) atoms. The van der Waals surface area contributed by atoms with E-state index >= 15 is 0 Å². The fourth-order valence-electron chi connectivity index (χ4n) is 3.16. The molecule has 1 aromatic heterocycles. The van der Waals surface area contributed by atoms with Crippen molar-refractivity contribution in [1.82, 2.24) is 14.9 Å². The zero-order chi connectivity index (χ0) is 17.6. The number of carbonyl (C=O) groups excluding carboxylic acids is 1. The topological polar surface area (TPSA) is 61.4 Å². The first kappa shape index (κ1) is 17.2. The van der Waals surface area contributed by atoms with E-state index < -0.39 is 0 Å². The third kappa shape index (κ3) is 4.26. The lowest BCUT2D eigenvalue weighted by Gasteiger charge is -2.34. The molecule has 0 bridgehead atoms. The molecule has 1 aromatic carbocycles. The van der Waals surface area contributed by atoms with Gasteiger partial charge in [-0.15, -0.1) is 0 Å². The van der Waals surface area contributed by atoms with Crippen molar-refractivity contribution in [3.8, 4) is 0 Å². The highest BCUT2D eigenvalue weighted by atomic mass is 16.2. The first-order valence-electron chi connectivity index (χ1n) is 8.75. The molecule has 1 amide bonds. The van der Waals surface area contributed by atoms with Crippen LogP contribution >= 0.6 is 0 Å². The third-order valence-corrected chi connectivity index (χ3v) is 4.59. The van der Waals surface area contributed by atoms with Gasteiger partial charge in [-0.3, -0.25) is 4.79 Å². The Balaban J connectivity index is 1.45. The summed E-state index contributed by atoms with van der Waals surface area (Å²) in [5, 5.41) is 3.41. The largest absolute Gasteiger partial charge is 0.384 e. The lowest BCUT2D eigenvalue weighted by Crippen LogP contribution is -2.49. The molecule has 1 N–H and O–H groups in total. The van der Waals surface area contributed by atoms with Gasteiger partial charge in [0, 0.05) is 57.2 Å². The number of hydrogen-bond donors (Lipinski definition) is 1. The summed E-state index contributed by atoms with van der Waals surface area (Å²) in [7, 11) is 0. The Morgan fingerprint density at radius 1 is 1.04 bits per heavy atom. The van der Waals surface area contributed by atoms with Crippen molar-refractivity contribution >= 4 is 17.5 Å². The lowest BCUT2D eigenvalue weighted by atomic mass is 10.1. The highest BCUT2D eigenvalue weighted by molar-refractivity contribution is 5.77. The summed E-state index contributed by atoms with van der Waals surface area (Å²) >= 11 is 0. The predicted octanol–water partition coefficient (Wildman–Crippen LogP) is 2.24. The van der Waals surface area contributed by atoms with Gasteiger partial charge in [0.15, 0.2) is 0 Å². The van der Waals surface area contributed by atoms with Crippen LogP contribution in [0.4, 0.5) is 11.6 Å². The molecule has 1 fully saturated rings. The average Bonchev–Trinajstić information content (AvgIpc) is 2.65. The molecular formula is C19H25N5O. The van der Waals surface area contributed by atoms with Crippen LogP contribution in [0.5, 0.6) is 0 Å². The molecule has 1 saturated heterocycles. The summed E-state index contributed by atoms with van der Waals surface area (Å²) in [5.74, 6) is 0.943. The van der Waals surface area contributed by atoms with Crippen LogP contribution in [0.2, 0.25) is 0 Å². The highest BCUT2D eigenvalue weighted by Gasteiger charge is 2.22. The van der Waals surface area contributed by atoms with Gasteiger partial charge in [-0.05, 0) is 31.0 Å². The maximum Gasteiger partial charge on any atom is 0.225 e. The van der Waals surface area contributed by atoms with E-state index in [1.807, 2.05) is 11.0 Å². The summed E-state index contributed by atoms with van der Waals surface area (Å²) in [6, 6.07) is 8.04. The number of anilines is 2. The minimum Gasteiger partial charge on any atom is -0.384 e. The standard InChI is InChI=1S/C19H25N5O/c1-15-5-3-6-16(2)18(15)20-10-7-17(25)23-11-13-24(14-12-23)19-21-8-4-9-22-19/h3-6,8-9,20H,7,10-14H2,1-2H3. The number of nitrogens with one attached hydrogen (secondary N) is 1. The van der Waals surface area contributed by atoms with E-state index in [0.29, 0.717) is 13.0 Å². The molecule has 2 aromatic rings. The Kier molecular flexibility index (Phi) is 5.48. The fourth-order valence-corrected chi connectivity index (χ4v) is 3.16. The van der Waals surface area contributed by atoms with Crippen LogP contribution in [0.15, 0.2) is 36.7 Å². The van der Waals surface area contributed by atoms with Crippen molar-refractivity contribution in [2.45, 2.75) is 20.3 Å². The summed E-state index contributed by atoms with van der Waals surface area (Å²) in [6.45, 7) is 7.83. The number of aryl methyl sites for hydroxylation is 2. The molecule has 0 radical (unpaired) electrons. The Morgan fingerprint density at radius 2 is 1.68 bits per heavy atom. The van der Waals surface area contributed by atoms with Gasteiger partial charge in [-0.2, -0.15) is 0 Å². The third-order valence-electron chi connectivity index (χ3n) is 4.59. The Bertz CT molecular complexity index is 691. The molecule has 6 heteroatoms. The van der Waals surface area contributed by atoms with Gasteiger partial charge in [-0.1, -0.05) is 18.2 Å². The quantitative estimate of drug-likeness (QED) is 0.905. The molecule has 3 rings (SSSR count). The van der Waals surface area contributed by atoms with Crippen molar-refractivity contribution in [2.75, 3.05) is 42.9 Å². The molecule has 0 spiro atoms. The number of piperazine rings is 1. The van der Waals surface area contributed by atoms with E-state index in [2.05, 4.69) is 52.2 Å². The van der Waals surface area contributed by atoms with Gasteiger partial charge in [0.2, 0.25) is 11.9 Å². The maximum absolute atomic E-state index is 12.4. The van der Waals surface area contributed by atoms with Crippen LogP contribution in [-0.2, 0) is 4.79 Å².